The van der Waals surface area contributed by atoms with Gasteiger partial charge in [0.1, 0.15) is 12.4 Å². The maximum Gasteiger partial charge on any atom is 0.123 e. The summed E-state index contributed by atoms with van der Waals surface area (Å²) in [6.45, 7) is 9.05. The Morgan fingerprint density at radius 3 is 2.57 bits per heavy atom. The molecule has 124 valence electrons. The van der Waals surface area contributed by atoms with Gasteiger partial charge in [0.05, 0.1) is 6.10 Å². The van der Waals surface area contributed by atoms with Gasteiger partial charge in [-0.25, -0.2) is 0 Å². The van der Waals surface area contributed by atoms with Crippen LogP contribution in [-0.4, -0.2) is 34.8 Å². The highest BCUT2D eigenvalue weighted by atomic mass is 16.5. The van der Waals surface area contributed by atoms with E-state index in [1.165, 1.54) is 24.0 Å². The SMILES string of the molecule is C=CCOc1ccc(CN2[C@@H]3CC[C@H]2CC(O)C3)cc1CC=C. The highest BCUT2D eigenvalue weighted by Gasteiger charge is 2.39. The normalized spacial score (nSPS) is 26.9. The van der Waals surface area contributed by atoms with Crippen LogP contribution in [0, 0.1) is 0 Å². The lowest BCUT2D eigenvalue weighted by atomic mass is 9.98. The van der Waals surface area contributed by atoms with E-state index in [9.17, 15) is 5.11 Å². The lowest BCUT2D eigenvalue weighted by molar-refractivity contribution is 0.0310. The third-order valence-electron chi connectivity index (χ3n) is 5.07. The van der Waals surface area contributed by atoms with Crippen LogP contribution in [0.25, 0.3) is 0 Å². The van der Waals surface area contributed by atoms with Crippen LogP contribution in [0.5, 0.6) is 5.75 Å². The summed E-state index contributed by atoms with van der Waals surface area (Å²) < 4.78 is 5.74. The van der Waals surface area contributed by atoms with Gasteiger partial charge in [-0.1, -0.05) is 30.9 Å². The Morgan fingerprint density at radius 1 is 1.17 bits per heavy atom. The third-order valence-corrected chi connectivity index (χ3v) is 5.07. The van der Waals surface area contributed by atoms with Crippen molar-refractivity contribution in [3.63, 3.8) is 0 Å². The molecule has 23 heavy (non-hydrogen) atoms. The molecule has 0 spiro atoms. The monoisotopic (exact) mass is 313 g/mol. The van der Waals surface area contributed by atoms with Crippen LogP contribution in [0.15, 0.2) is 43.5 Å². The Bertz CT molecular complexity index is 555. The van der Waals surface area contributed by atoms with E-state index in [1.54, 1.807) is 6.08 Å². The molecule has 2 fully saturated rings. The minimum Gasteiger partial charge on any atom is -0.489 e. The first-order valence-electron chi connectivity index (χ1n) is 8.61. The van der Waals surface area contributed by atoms with Crippen molar-refractivity contribution >= 4 is 0 Å². The lowest BCUT2D eigenvalue weighted by Crippen LogP contribution is -2.44. The summed E-state index contributed by atoms with van der Waals surface area (Å²) in [5, 5.41) is 9.94. The van der Waals surface area contributed by atoms with Gasteiger partial charge in [-0.2, -0.15) is 0 Å². The minimum atomic E-state index is -0.102. The largest absolute Gasteiger partial charge is 0.489 e. The van der Waals surface area contributed by atoms with E-state index in [1.807, 2.05) is 6.08 Å². The zero-order valence-corrected chi connectivity index (χ0v) is 13.8. The summed E-state index contributed by atoms with van der Waals surface area (Å²) in [4.78, 5) is 2.59. The highest BCUT2D eigenvalue weighted by Crippen LogP contribution is 2.37. The third kappa shape index (κ3) is 3.67. The average molecular weight is 313 g/mol. The van der Waals surface area contributed by atoms with Gasteiger partial charge in [0, 0.05) is 18.6 Å². The molecule has 3 atom stereocenters. The maximum absolute atomic E-state index is 9.94. The zero-order chi connectivity index (χ0) is 16.2. The van der Waals surface area contributed by atoms with Gasteiger partial charge in [-0.3, -0.25) is 4.90 Å². The number of nitrogens with zero attached hydrogens (tertiary/aromatic N) is 1. The molecular formula is C20H27NO2. The number of allylic oxidation sites excluding steroid dienone is 1. The van der Waals surface area contributed by atoms with Crippen LogP contribution >= 0.6 is 0 Å². The summed E-state index contributed by atoms with van der Waals surface area (Å²) in [5.74, 6) is 0.922. The van der Waals surface area contributed by atoms with Gasteiger partial charge in [0.25, 0.3) is 0 Å². The van der Waals surface area contributed by atoms with Crippen LogP contribution < -0.4 is 4.74 Å². The van der Waals surface area contributed by atoms with Crippen molar-refractivity contribution in [2.45, 2.75) is 56.8 Å². The summed E-state index contributed by atoms with van der Waals surface area (Å²) in [6, 6.07) is 7.56. The lowest BCUT2D eigenvalue weighted by Gasteiger charge is -2.37. The number of piperidine rings is 1. The summed E-state index contributed by atoms with van der Waals surface area (Å²) >= 11 is 0. The molecule has 0 radical (unpaired) electrons. The van der Waals surface area contributed by atoms with Crippen molar-refractivity contribution in [3.05, 3.63) is 54.6 Å². The van der Waals surface area contributed by atoms with Crippen LogP contribution in [-0.2, 0) is 13.0 Å². The molecule has 2 aliphatic rings. The van der Waals surface area contributed by atoms with E-state index in [4.69, 9.17) is 4.74 Å². The van der Waals surface area contributed by atoms with Gasteiger partial charge in [-0.05, 0) is 49.3 Å². The van der Waals surface area contributed by atoms with Crippen molar-refractivity contribution < 1.29 is 9.84 Å². The minimum absolute atomic E-state index is 0.102. The quantitative estimate of drug-likeness (QED) is 0.782. The zero-order valence-electron chi connectivity index (χ0n) is 13.8. The van der Waals surface area contributed by atoms with Crippen molar-refractivity contribution in [1.29, 1.82) is 0 Å². The molecule has 2 bridgehead atoms. The summed E-state index contributed by atoms with van der Waals surface area (Å²) in [6.07, 6.45) is 8.70. The molecule has 2 aliphatic heterocycles. The number of aliphatic hydroxyl groups excluding tert-OH is 1. The van der Waals surface area contributed by atoms with Gasteiger partial charge >= 0.3 is 0 Å². The van der Waals surface area contributed by atoms with E-state index < -0.39 is 0 Å². The maximum atomic E-state index is 9.94. The van der Waals surface area contributed by atoms with E-state index in [0.29, 0.717) is 18.7 Å². The summed E-state index contributed by atoms with van der Waals surface area (Å²) in [7, 11) is 0. The molecule has 1 unspecified atom stereocenters. The Hall–Kier alpha value is -1.58. The number of hydrogen-bond donors (Lipinski definition) is 1. The molecule has 0 aromatic heterocycles. The molecule has 2 saturated heterocycles. The molecule has 3 nitrogen and oxygen atoms in total. The topological polar surface area (TPSA) is 32.7 Å². The second-order valence-electron chi connectivity index (χ2n) is 6.72. The number of ether oxygens (including phenoxy) is 1. The smallest absolute Gasteiger partial charge is 0.123 e. The number of hydrogen-bond acceptors (Lipinski definition) is 3. The van der Waals surface area contributed by atoms with E-state index in [2.05, 4.69) is 36.3 Å². The van der Waals surface area contributed by atoms with Gasteiger partial charge in [-0.15, -0.1) is 6.58 Å². The molecule has 0 amide bonds. The van der Waals surface area contributed by atoms with E-state index in [-0.39, 0.29) is 6.10 Å². The van der Waals surface area contributed by atoms with Crippen molar-refractivity contribution in [2.75, 3.05) is 6.61 Å². The van der Waals surface area contributed by atoms with E-state index in [0.717, 1.165) is 31.6 Å². The molecule has 3 rings (SSSR count). The molecule has 0 aliphatic carbocycles. The predicted molar refractivity (Wildman–Crippen MR) is 93.6 cm³/mol. The number of rotatable bonds is 7. The molecule has 2 heterocycles. The average Bonchev–Trinajstić information content (AvgIpc) is 2.77. The Kier molecular flexibility index (Phi) is 5.19. The second-order valence-corrected chi connectivity index (χ2v) is 6.72. The Morgan fingerprint density at radius 2 is 1.91 bits per heavy atom. The first kappa shape index (κ1) is 16.3. The van der Waals surface area contributed by atoms with Crippen LogP contribution in [0.2, 0.25) is 0 Å². The highest BCUT2D eigenvalue weighted by molar-refractivity contribution is 5.38. The first-order chi connectivity index (χ1) is 11.2. The van der Waals surface area contributed by atoms with Crippen molar-refractivity contribution in [3.8, 4) is 5.75 Å². The van der Waals surface area contributed by atoms with Gasteiger partial charge in [0.2, 0.25) is 0 Å². The Balaban J connectivity index is 1.74. The fourth-order valence-corrected chi connectivity index (χ4v) is 4.05. The number of aliphatic hydroxyl groups is 1. The Labute approximate surface area is 139 Å². The molecule has 1 aromatic rings. The standard InChI is InChI=1S/C20H27NO2/c1-3-5-16-11-15(6-9-20(16)23-10-4-2)14-21-17-7-8-18(21)13-19(22)12-17/h3-4,6,9,11,17-19,22H,1-2,5,7-8,10,12-14H2/t17-,18+,19?. The van der Waals surface area contributed by atoms with Crippen LogP contribution in [0.1, 0.15) is 36.8 Å². The predicted octanol–water partition coefficient (Wildman–Crippen LogP) is 3.47. The fourth-order valence-electron chi connectivity index (χ4n) is 4.05. The first-order valence-corrected chi connectivity index (χ1v) is 8.61. The fraction of sp³-hybridized carbons (Fsp3) is 0.500. The molecule has 0 saturated carbocycles. The summed E-state index contributed by atoms with van der Waals surface area (Å²) in [5.41, 5.74) is 2.50. The molecule has 3 heteroatoms. The molecule has 1 N–H and O–H groups in total. The molecular weight excluding hydrogens is 286 g/mol. The van der Waals surface area contributed by atoms with Crippen LogP contribution in [0.4, 0.5) is 0 Å². The van der Waals surface area contributed by atoms with Crippen molar-refractivity contribution in [2.24, 2.45) is 0 Å². The molecule has 1 aromatic carbocycles. The van der Waals surface area contributed by atoms with Gasteiger partial charge < -0.3 is 9.84 Å². The van der Waals surface area contributed by atoms with E-state index >= 15 is 0 Å². The van der Waals surface area contributed by atoms with Crippen LogP contribution in [0.3, 0.4) is 0 Å². The number of benzene rings is 1. The van der Waals surface area contributed by atoms with Gasteiger partial charge in [0.15, 0.2) is 0 Å². The second kappa shape index (κ2) is 7.33. The number of fused-ring (bicyclic) bond motifs is 2. The van der Waals surface area contributed by atoms with Crippen molar-refractivity contribution in [1.82, 2.24) is 4.90 Å².